The van der Waals surface area contributed by atoms with Gasteiger partial charge in [-0.05, 0) is 30.5 Å². The van der Waals surface area contributed by atoms with Crippen molar-refractivity contribution in [2.45, 2.75) is 50.9 Å². The lowest BCUT2D eigenvalue weighted by molar-refractivity contribution is 0.0913. The Labute approximate surface area is 178 Å². The molecule has 162 valence electrons. The molecule has 2 heterocycles. The van der Waals surface area contributed by atoms with Crippen LogP contribution >= 0.6 is 11.8 Å². The molecule has 1 unspecified atom stereocenters. The zero-order valence-electron chi connectivity index (χ0n) is 17.6. The van der Waals surface area contributed by atoms with Gasteiger partial charge in [-0.25, -0.2) is 9.78 Å². The fraction of sp³-hybridized carbons (Fsp3) is 0.476. The van der Waals surface area contributed by atoms with Gasteiger partial charge in [-0.15, -0.1) is 0 Å². The van der Waals surface area contributed by atoms with Gasteiger partial charge in [0.05, 0.1) is 6.54 Å². The number of rotatable bonds is 10. The molecule has 1 aromatic carbocycles. The molecule has 0 spiro atoms. The second kappa shape index (κ2) is 9.99. The number of unbranched alkanes of at least 4 members (excludes halogenated alkanes) is 1. The summed E-state index contributed by atoms with van der Waals surface area (Å²) in [5.74, 6) is 1.52. The zero-order valence-corrected chi connectivity index (χ0v) is 18.4. The maximum absolute atomic E-state index is 12.5. The minimum atomic E-state index is -0.851. The van der Waals surface area contributed by atoms with Crippen molar-refractivity contribution in [2.75, 3.05) is 12.4 Å². The van der Waals surface area contributed by atoms with Crippen molar-refractivity contribution in [1.82, 2.24) is 19.1 Å². The van der Waals surface area contributed by atoms with E-state index < -0.39 is 17.4 Å². The second-order valence-electron chi connectivity index (χ2n) is 7.16. The Hall–Kier alpha value is -2.52. The number of aliphatic hydroxyl groups is 1. The van der Waals surface area contributed by atoms with E-state index >= 15 is 0 Å². The van der Waals surface area contributed by atoms with Gasteiger partial charge in [0.25, 0.3) is 5.56 Å². The molecule has 30 heavy (non-hydrogen) atoms. The van der Waals surface area contributed by atoms with E-state index in [9.17, 15) is 14.7 Å². The van der Waals surface area contributed by atoms with Crippen LogP contribution in [0.4, 0.5) is 0 Å². The van der Waals surface area contributed by atoms with E-state index in [4.69, 9.17) is 4.74 Å². The highest BCUT2D eigenvalue weighted by molar-refractivity contribution is 7.99. The number of aromatic amines is 1. The molecule has 0 saturated heterocycles. The number of hydrogen-bond donors (Lipinski definition) is 2. The Kier molecular flexibility index (Phi) is 7.38. The molecule has 0 aliphatic heterocycles. The van der Waals surface area contributed by atoms with Gasteiger partial charge in [0, 0.05) is 12.8 Å². The van der Waals surface area contributed by atoms with Gasteiger partial charge in [-0.3, -0.25) is 14.3 Å². The molecule has 3 aromatic rings. The molecule has 9 heteroatoms. The number of ether oxygens (including phenoxy) is 1. The Morgan fingerprint density at radius 3 is 2.63 bits per heavy atom. The first kappa shape index (κ1) is 22.2. The van der Waals surface area contributed by atoms with Crippen LogP contribution in [0.1, 0.15) is 32.3 Å². The molecule has 0 fully saturated rings. The van der Waals surface area contributed by atoms with Crippen LogP contribution in [-0.4, -0.2) is 42.7 Å². The summed E-state index contributed by atoms with van der Waals surface area (Å²) in [5, 5.41) is 11.2. The number of nitrogens with zero attached hydrogens (tertiary/aromatic N) is 3. The van der Waals surface area contributed by atoms with Gasteiger partial charge in [0.1, 0.15) is 18.5 Å². The smallest absolute Gasteiger partial charge is 0.329 e. The molecule has 0 saturated carbocycles. The van der Waals surface area contributed by atoms with Gasteiger partial charge in [-0.1, -0.05) is 44.2 Å². The van der Waals surface area contributed by atoms with E-state index in [1.165, 1.54) is 21.9 Å². The molecule has 8 nitrogen and oxygen atoms in total. The number of aromatic nitrogens is 4. The lowest BCUT2D eigenvalue weighted by Gasteiger charge is -2.15. The monoisotopic (exact) mass is 432 g/mol. The predicted molar refractivity (Wildman–Crippen MR) is 119 cm³/mol. The van der Waals surface area contributed by atoms with E-state index in [0.29, 0.717) is 16.6 Å². The van der Waals surface area contributed by atoms with E-state index in [2.05, 4.69) is 23.8 Å². The highest BCUT2D eigenvalue weighted by Crippen LogP contribution is 2.23. The number of aliphatic hydroxyl groups excluding tert-OH is 1. The summed E-state index contributed by atoms with van der Waals surface area (Å²) in [6, 6.07) is 7.75. The van der Waals surface area contributed by atoms with Crippen LogP contribution in [0.2, 0.25) is 0 Å². The van der Waals surface area contributed by atoms with Crippen molar-refractivity contribution < 1.29 is 9.84 Å². The summed E-state index contributed by atoms with van der Waals surface area (Å²) in [6.07, 6.45) is 2.14. The Bertz CT molecular complexity index is 1100. The number of aryl methyl sites for hydroxylation is 2. The first-order chi connectivity index (χ1) is 14.4. The van der Waals surface area contributed by atoms with Crippen molar-refractivity contribution in [2.24, 2.45) is 7.05 Å². The maximum Gasteiger partial charge on any atom is 0.329 e. The third kappa shape index (κ3) is 4.96. The van der Waals surface area contributed by atoms with Crippen LogP contribution < -0.4 is 16.0 Å². The minimum absolute atomic E-state index is 0.0773. The number of hydrogen-bond acceptors (Lipinski definition) is 6. The highest BCUT2D eigenvalue weighted by atomic mass is 32.2. The standard InChI is InChI=1S/C21H28N4O4S/c1-4-6-11-30-21-22-18-17(19(27)23-20(28)24(18)3)25(21)12-15(26)13-29-16-9-7-14(5-2)8-10-16/h7-10,15,26H,4-6,11-13H2,1-3H3,(H,23,27,28). The molecule has 0 aliphatic carbocycles. The summed E-state index contributed by atoms with van der Waals surface area (Å²) in [6.45, 7) is 4.40. The quantitative estimate of drug-likeness (QED) is 0.377. The first-order valence-corrected chi connectivity index (χ1v) is 11.1. The SMILES string of the molecule is CCCCSc1nc2c(c(=O)[nH]c(=O)n2C)n1CC(O)COc1ccc(CC)cc1. The molecular weight excluding hydrogens is 404 g/mol. The summed E-state index contributed by atoms with van der Waals surface area (Å²) < 4.78 is 8.71. The van der Waals surface area contributed by atoms with Gasteiger partial charge >= 0.3 is 5.69 Å². The molecule has 3 rings (SSSR count). The van der Waals surface area contributed by atoms with Crippen LogP contribution in [0.3, 0.4) is 0 Å². The second-order valence-corrected chi connectivity index (χ2v) is 8.22. The third-order valence-electron chi connectivity index (χ3n) is 4.87. The van der Waals surface area contributed by atoms with Gasteiger partial charge in [-0.2, -0.15) is 0 Å². The average molecular weight is 433 g/mol. The third-order valence-corrected chi connectivity index (χ3v) is 5.93. The van der Waals surface area contributed by atoms with Crippen molar-refractivity contribution in [3.8, 4) is 5.75 Å². The van der Waals surface area contributed by atoms with Crippen LogP contribution in [0.5, 0.6) is 5.75 Å². The molecule has 2 N–H and O–H groups in total. The highest BCUT2D eigenvalue weighted by Gasteiger charge is 2.20. The average Bonchev–Trinajstić information content (AvgIpc) is 3.10. The number of thioether (sulfide) groups is 1. The maximum atomic E-state index is 12.5. The normalized spacial score (nSPS) is 12.4. The Balaban J connectivity index is 1.83. The number of benzene rings is 1. The van der Waals surface area contributed by atoms with E-state index in [-0.39, 0.29) is 18.7 Å². The Morgan fingerprint density at radius 1 is 1.23 bits per heavy atom. The first-order valence-electron chi connectivity index (χ1n) is 10.2. The number of nitrogens with one attached hydrogen (secondary N) is 1. The zero-order chi connectivity index (χ0) is 21.7. The van der Waals surface area contributed by atoms with E-state index in [1.807, 2.05) is 24.3 Å². The summed E-state index contributed by atoms with van der Waals surface area (Å²) >= 11 is 1.51. The van der Waals surface area contributed by atoms with Crippen LogP contribution in [0.25, 0.3) is 11.2 Å². The summed E-state index contributed by atoms with van der Waals surface area (Å²) in [7, 11) is 1.57. The number of fused-ring (bicyclic) bond motifs is 1. The molecule has 0 radical (unpaired) electrons. The minimum Gasteiger partial charge on any atom is -0.491 e. The topological polar surface area (TPSA) is 102 Å². The van der Waals surface area contributed by atoms with Crippen LogP contribution in [-0.2, 0) is 20.0 Å². The summed E-state index contributed by atoms with van der Waals surface area (Å²) in [4.78, 5) is 31.3. The molecule has 0 aliphatic rings. The largest absolute Gasteiger partial charge is 0.491 e. The van der Waals surface area contributed by atoms with Crippen molar-refractivity contribution >= 4 is 22.9 Å². The fourth-order valence-corrected chi connectivity index (χ4v) is 4.17. The lowest BCUT2D eigenvalue weighted by atomic mass is 10.2. The molecule has 1 atom stereocenters. The molecular formula is C21H28N4O4S. The Morgan fingerprint density at radius 2 is 1.97 bits per heavy atom. The fourth-order valence-electron chi connectivity index (χ4n) is 3.08. The van der Waals surface area contributed by atoms with Gasteiger partial charge in [0.15, 0.2) is 16.3 Å². The predicted octanol–water partition coefficient (Wildman–Crippen LogP) is 2.32. The van der Waals surface area contributed by atoms with Crippen LogP contribution in [0.15, 0.2) is 39.0 Å². The van der Waals surface area contributed by atoms with Crippen molar-refractivity contribution in [3.63, 3.8) is 0 Å². The van der Waals surface area contributed by atoms with E-state index in [0.717, 1.165) is 25.0 Å². The number of H-pyrrole nitrogens is 1. The van der Waals surface area contributed by atoms with Crippen molar-refractivity contribution in [3.05, 3.63) is 50.7 Å². The van der Waals surface area contributed by atoms with Gasteiger partial charge in [0.2, 0.25) is 0 Å². The summed E-state index contributed by atoms with van der Waals surface area (Å²) in [5.41, 5.74) is 0.785. The van der Waals surface area contributed by atoms with E-state index in [1.54, 1.807) is 11.6 Å². The molecule has 0 bridgehead atoms. The van der Waals surface area contributed by atoms with Gasteiger partial charge < -0.3 is 14.4 Å². The number of imidazole rings is 1. The van der Waals surface area contributed by atoms with Crippen LogP contribution in [0, 0.1) is 0 Å². The van der Waals surface area contributed by atoms with Crippen molar-refractivity contribution in [1.29, 1.82) is 0 Å². The lowest BCUT2D eigenvalue weighted by Crippen LogP contribution is -2.30. The molecule has 2 aromatic heterocycles. The molecule has 0 amide bonds.